The van der Waals surface area contributed by atoms with E-state index in [4.69, 9.17) is 16.9 Å². The Hall–Kier alpha value is -3.63. The first-order valence-corrected chi connectivity index (χ1v) is 8.56. The van der Waals surface area contributed by atoms with Crippen LogP contribution in [-0.2, 0) is 6.54 Å². The van der Waals surface area contributed by atoms with Crippen LogP contribution in [0.15, 0.2) is 65.6 Å². The molecule has 2 aromatic carbocycles. The third-order valence-corrected chi connectivity index (χ3v) is 4.28. The molecule has 0 spiro atoms. The maximum absolute atomic E-state index is 14.0. The highest BCUT2D eigenvalue weighted by atomic mass is 35.5. The van der Waals surface area contributed by atoms with E-state index in [0.29, 0.717) is 11.3 Å². The molecule has 6 nitrogen and oxygen atoms in total. The van der Waals surface area contributed by atoms with Crippen molar-refractivity contribution >= 4 is 29.0 Å². The molecule has 0 saturated heterocycles. The molecule has 0 atom stereocenters. The van der Waals surface area contributed by atoms with Gasteiger partial charge in [0, 0.05) is 22.5 Å². The van der Waals surface area contributed by atoms with Crippen molar-refractivity contribution in [2.75, 3.05) is 10.6 Å². The fraction of sp³-hybridized carbons (Fsp3) is 0.0500. The van der Waals surface area contributed by atoms with E-state index >= 15 is 0 Å². The Morgan fingerprint density at radius 1 is 1.11 bits per heavy atom. The smallest absolute Gasteiger partial charge is 0.309 e. The van der Waals surface area contributed by atoms with Gasteiger partial charge in [-0.15, -0.1) is 0 Å². The van der Waals surface area contributed by atoms with Crippen molar-refractivity contribution in [3.8, 4) is 6.07 Å². The SMILES string of the molecule is N#Cc1ccc(NC(=O)Nc2cccn(Cc3c(F)cccc3Cl)c2=O)cc1. The fourth-order valence-corrected chi connectivity index (χ4v) is 2.75. The number of amides is 2. The Balaban J connectivity index is 1.76. The molecule has 0 saturated carbocycles. The molecule has 0 radical (unpaired) electrons. The molecule has 140 valence electrons. The normalized spacial score (nSPS) is 10.2. The molecule has 1 aromatic heterocycles. The number of carbonyl (C=O) groups is 1. The van der Waals surface area contributed by atoms with Gasteiger partial charge in [0.1, 0.15) is 11.5 Å². The van der Waals surface area contributed by atoms with E-state index < -0.39 is 17.4 Å². The minimum absolute atomic E-state index is 0.0288. The third-order valence-electron chi connectivity index (χ3n) is 3.93. The van der Waals surface area contributed by atoms with Crippen LogP contribution < -0.4 is 16.2 Å². The van der Waals surface area contributed by atoms with Gasteiger partial charge in [-0.1, -0.05) is 17.7 Å². The zero-order valence-corrected chi connectivity index (χ0v) is 15.2. The molecule has 0 aliphatic heterocycles. The van der Waals surface area contributed by atoms with E-state index in [1.807, 2.05) is 6.07 Å². The number of nitrogens with one attached hydrogen (secondary N) is 2. The number of halogens is 2. The first-order chi connectivity index (χ1) is 13.5. The van der Waals surface area contributed by atoms with E-state index in [2.05, 4.69) is 10.6 Å². The van der Waals surface area contributed by atoms with Gasteiger partial charge >= 0.3 is 6.03 Å². The zero-order valence-electron chi connectivity index (χ0n) is 14.4. The second-order valence-corrected chi connectivity index (χ2v) is 6.23. The topological polar surface area (TPSA) is 86.9 Å². The third kappa shape index (κ3) is 4.37. The van der Waals surface area contributed by atoms with Crippen LogP contribution in [0.4, 0.5) is 20.6 Å². The van der Waals surface area contributed by atoms with Crippen molar-refractivity contribution in [1.82, 2.24) is 4.57 Å². The number of nitrogens with zero attached hydrogens (tertiary/aromatic N) is 2. The lowest BCUT2D eigenvalue weighted by Crippen LogP contribution is -2.28. The summed E-state index contributed by atoms with van der Waals surface area (Å²) in [5.41, 5.74) is 0.637. The lowest BCUT2D eigenvalue weighted by atomic mass is 10.2. The van der Waals surface area contributed by atoms with E-state index in [1.165, 1.54) is 35.0 Å². The van der Waals surface area contributed by atoms with Gasteiger partial charge < -0.3 is 15.2 Å². The second kappa shape index (κ2) is 8.37. The van der Waals surface area contributed by atoms with Gasteiger partial charge in [-0.3, -0.25) is 4.79 Å². The van der Waals surface area contributed by atoms with Gasteiger partial charge in [0.2, 0.25) is 0 Å². The number of benzene rings is 2. The van der Waals surface area contributed by atoms with Crippen molar-refractivity contribution in [1.29, 1.82) is 5.26 Å². The van der Waals surface area contributed by atoms with Crippen LogP contribution in [-0.4, -0.2) is 10.6 Å². The van der Waals surface area contributed by atoms with Crippen molar-refractivity contribution in [3.63, 3.8) is 0 Å². The lowest BCUT2D eigenvalue weighted by Gasteiger charge is -2.11. The van der Waals surface area contributed by atoms with Crippen LogP contribution in [0, 0.1) is 17.1 Å². The van der Waals surface area contributed by atoms with Gasteiger partial charge in [-0.05, 0) is 48.5 Å². The molecular weight excluding hydrogens is 383 g/mol. The highest BCUT2D eigenvalue weighted by Gasteiger charge is 2.12. The van der Waals surface area contributed by atoms with Crippen LogP contribution in [0.3, 0.4) is 0 Å². The average molecular weight is 397 g/mol. The largest absolute Gasteiger partial charge is 0.323 e. The highest BCUT2D eigenvalue weighted by Crippen LogP contribution is 2.19. The molecule has 2 amide bonds. The molecule has 3 rings (SSSR count). The number of hydrogen-bond acceptors (Lipinski definition) is 3. The molecular formula is C20H14ClFN4O2. The molecule has 0 bridgehead atoms. The molecule has 2 N–H and O–H groups in total. The standard InChI is InChI=1S/C20H14ClFN4O2/c21-16-3-1-4-17(22)15(16)12-26-10-2-5-18(19(26)27)25-20(28)24-14-8-6-13(11-23)7-9-14/h1-10H,12H2,(H2,24,25,28). The lowest BCUT2D eigenvalue weighted by molar-refractivity contribution is 0.262. The van der Waals surface area contributed by atoms with Gasteiger partial charge in [0.15, 0.2) is 0 Å². The minimum Gasteiger partial charge on any atom is -0.309 e. The number of aromatic nitrogens is 1. The Kier molecular flexibility index (Phi) is 5.72. The second-order valence-electron chi connectivity index (χ2n) is 5.82. The average Bonchev–Trinajstić information content (AvgIpc) is 2.68. The molecule has 0 aliphatic rings. The van der Waals surface area contributed by atoms with Gasteiger partial charge in [-0.2, -0.15) is 5.26 Å². The van der Waals surface area contributed by atoms with Gasteiger partial charge in [-0.25, -0.2) is 9.18 Å². The summed E-state index contributed by atoms with van der Waals surface area (Å²) in [5.74, 6) is -0.517. The maximum Gasteiger partial charge on any atom is 0.323 e. The maximum atomic E-state index is 14.0. The Morgan fingerprint density at radius 2 is 1.86 bits per heavy atom. The van der Waals surface area contributed by atoms with Crippen molar-refractivity contribution in [2.45, 2.75) is 6.54 Å². The summed E-state index contributed by atoms with van der Waals surface area (Å²) in [4.78, 5) is 24.7. The van der Waals surface area contributed by atoms with Crippen LogP contribution in [0.2, 0.25) is 5.02 Å². The summed E-state index contributed by atoms with van der Waals surface area (Å²) < 4.78 is 15.2. The van der Waals surface area contributed by atoms with Crippen molar-refractivity contribution < 1.29 is 9.18 Å². The highest BCUT2D eigenvalue weighted by molar-refractivity contribution is 6.31. The zero-order chi connectivity index (χ0) is 20.1. The Bertz CT molecular complexity index is 1100. The van der Waals surface area contributed by atoms with Gasteiger partial charge in [0.05, 0.1) is 18.2 Å². The summed E-state index contributed by atoms with van der Waals surface area (Å²) in [5, 5.41) is 14.0. The predicted molar refractivity (Wildman–Crippen MR) is 105 cm³/mol. The van der Waals surface area contributed by atoms with Gasteiger partial charge in [0.25, 0.3) is 5.56 Å². The molecule has 1 heterocycles. The summed E-state index contributed by atoms with van der Waals surface area (Å²) >= 11 is 6.01. The molecule has 28 heavy (non-hydrogen) atoms. The molecule has 0 aliphatic carbocycles. The van der Waals surface area contributed by atoms with E-state index in [-0.39, 0.29) is 22.8 Å². The summed E-state index contributed by atoms with van der Waals surface area (Å²) in [6, 6.07) is 14.9. The Morgan fingerprint density at radius 3 is 2.54 bits per heavy atom. The van der Waals surface area contributed by atoms with Crippen LogP contribution in [0.1, 0.15) is 11.1 Å². The summed E-state index contributed by atoms with van der Waals surface area (Å²) in [6.45, 7) is -0.0723. The first kappa shape index (κ1) is 19.1. The van der Waals surface area contributed by atoms with Crippen LogP contribution in [0.25, 0.3) is 0 Å². The first-order valence-electron chi connectivity index (χ1n) is 8.18. The minimum atomic E-state index is -0.622. The fourth-order valence-electron chi connectivity index (χ4n) is 2.52. The monoisotopic (exact) mass is 396 g/mol. The van der Waals surface area contributed by atoms with Crippen LogP contribution >= 0.6 is 11.6 Å². The molecule has 8 heteroatoms. The Labute approximate surface area is 164 Å². The summed E-state index contributed by atoms with van der Waals surface area (Å²) in [6.07, 6.45) is 1.48. The predicted octanol–water partition coefficient (Wildman–Crippen LogP) is 4.20. The molecule has 0 fully saturated rings. The number of pyridine rings is 1. The van der Waals surface area contributed by atoms with E-state index in [9.17, 15) is 14.0 Å². The van der Waals surface area contributed by atoms with Crippen LogP contribution in [0.5, 0.6) is 0 Å². The quantitative estimate of drug-likeness (QED) is 0.692. The van der Waals surface area contributed by atoms with Crippen molar-refractivity contribution in [2.24, 2.45) is 0 Å². The number of urea groups is 1. The molecule has 3 aromatic rings. The van der Waals surface area contributed by atoms with E-state index in [0.717, 1.165) is 0 Å². The number of nitriles is 1. The summed E-state index contributed by atoms with van der Waals surface area (Å²) in [7, 11) is 0. The number of carbonyl (C=O) groups excluding carboxylic acids is 1. The van der Waals surface area contributed by atoms with E-state index in [1.54, 1.807) is 30.3 Å². The number of anilines is 2. The molecule has 0 unspecified atom stereocenters. The number of hydrogen-bond donors (Lipinski definition) is 2. The number of rotatable bonds is 4. The van der Waals surface area contributed by atoms with Crippen molar-refractivity contribution in [3.05, 3.63) is 93.1 Å².